The third kappa shape index (κ3) is 10.2. The fraction of sp³-hybridized carbons (Fsp3) is 0.887. The molecule has 5 heterocycles. The van der Waals surface area contributed by atoms with Gasteiger partial charge in [-0.05, 0) is 100 Å². The van der Waals surface area contributed by atoms with Gasteiger partial charge in [0, 0.05) is 13.5 Å². The zero-order valence-corrected chi connectivity index (χ0v) is 46.3. The van der Waals surface area contributed by atoms with Crippen LogP contribution in [0, 0.1) is 39.4 Å². The molecule has 24 nitrogen and oxygen atoms in total. The molecule has 2 unspecified atom stereocenters. The quantitative estimate of drug-likeness (QED) is 0.0433. The minimum absolute atomic E-state index is 0.000668. The Morgan fingerprint density at radius 3 is 2.10 bits per heavy atom. The maximum atomic E-state index is 14.4. The summed E-state index contributed by atoms with van der Waals surface area (Å²) < 4.78 is 97.7. The highest BCUT2D eigenvalue weighted by Gasteiger charge is 2.79. The zero-order valence-electron chi connectivity index (χ0n) is 45.5. The van der Waals surface area contributed by atoms with Crippen LogP contribution in [0.2, 0.25) is 0 Å². The lowest BCUT2D eigenvalue weighted by molar-refractivity contribution is -0.382. The average molecular weight is 1140 g/mol. The summed E-state index contributed by atoms with van der Waals surface area (Å²) in [6.45, 7) is 16.1. The Morgan fingerprint density at radius 1 is 0.782 bits per heavy atom. The molecule has 0 amide bonds. The number of rotatable bonds is 16. The van der Waals surface area contributed by atoms with Gasteiger partial charge in [-0.3, -0.25) is 14.1 Å². The number of allylic oxidation sites excluding steroid dienone is 3. The SMILES string of the molecule is C=C(C)CCC[C@]1(C)OC(=O)[C@]23CC=C4C(CCC5C(C)(C)[C@@H](O[C@@H]6OC[C@@H](OS(=O)(=O)O)[C@H](O)[C@H]6O[C@@H]6O[C@H](C)[C@@H](O[C@@H]7OC[C@@H](O)[C@H](O[C@@H]8O[C@H](CO)[C@@H](O)[C@H](OC)[C@H]8O)[C@H]7O)[C@H](O)[C@H]6O)CC[C@]45C)[C@]2(C)CC(=O)[C@@H]31. The standard InChI is InChI=1S/C53H82O24S/c1-23(2)11-10-16-52(8)43-27(55)19-51(7)26-12-13-31-49(4,5)32(15-17-50(31,6)25(26)14-18-53(43,51)48(63)76-52)72-47-42(34(58)30(22-69-47)77-78(64,65)66)75-45-36(60)35(59)39(24(3)70-45)73-44-37(61)40(28(56)21-68-44)74-46-38(62)41(67-9)33(57)29(20-54)71-46/h14,24,26,28-47,54,56-62H,1,10-13,15-22H2,2-9H3,(H,64,65,66)/t24-,26?,28-,29-,30-,31?,32+,33-,34+,35-,36-,37-,38-,39-,40+,41+,42-,43-,44+,45+,46+,47+,50-,51+,52+,53-/m1/s1. The van der Waals surface area contributed by atoms with Gasteiger partial charge in [-0.2, -0.15) is 8.42 Å². The first-order valence-corrected chi connectivity index (χ1v) is 28.7. The number of aliphatic hydroxyl groups excluding tert-OH is 8. The fourth-order valence-corrected chi connectivity index (χ4v) is 16.3. The molecule has 78 heavy (non-hydrogen) atoms. The van der Waals surface area contributed by atoms with E-state index in [1.165, 1.54) is 19.6 Å². The second-order valence-corrected chi connectivity index (χ2v) is 25.9. The van der Waals surface area contributed by atoms with Crippen LogP contribution in [0.5, 0.6) is 0 Å². The van der Waals surface area contributed by atoms with Gasteiger partial charge in [0.15, 0.2) is 25.2 Å². The average Bonchev–Trinajstić information content (AvgIpc) is 3.04. The van der Waals surface area contributed by atoms with Crippen LogP contribution in [-0.4, -0.2) is 215 Å². The number of ketones is 1. The number of hydrogen-bond donors (Lipinski definition) is 9. The molecule has 0 aromatic heterocycles. The number of aliphatic hydroxyl groups is 8. The number of carbonyl (C=O) groups is 2. The maximum absolute atomic E-state index is 14.4. The lowest BCUT2D eigenvalue weighted by atomic mass is 9.41. The molecular weight excluding hydrogens is 1050 g/mol. The Bertz CT molecular complexity index is 2370. The molecule has 3 saturated carbocycles. The van der Waals surface area contributed by atoms with Crippen LogP contribution >= 0.6 is 0 Å². The van der Waals surface area contributed by atoms with Crippen LogP contribution < -0.4 is 0 Å². The first kappa shape index (κ1) is 60.4. The van der Waals surface area contributed by atoms with E-state index in [1.807, 2.05) is 13.8 Å². The van der Waals surface area contributed by atoms with Crippen molar-refractivity contribution in [1.29, 1.82) is 0 Å². The molecular formula is C53H82O24S. The van der Waals surface area contributed by atoms with Crippen LogP contribution in [0.25, 0.3) is 0 Å². The largest absolute Gasteiger partial charge is 0.458 e. The van der Waals surface area contributed by atoms with E-state index in [9.17, 15) is 63.4 Å². The second-order valence-electron chi connectivity index (χ2n) is 24.8. The van der Waals surface area contributed by atoms with Gasteiger partial charge in [-0.1, -0.05) is 44.9 Å². The summed E-state index contributed by atoms with van der Waals surface area (Å²) in [4.78, 5) is 28.7. The van der Waals surface area contributed by atoms with Gasteiger partial charge in [0.2, 0.25) is 0 Å². The molecule has 5 saturated heterocycles. The summed E-state index contributed by atoms with van der Waals surface area (Å²) >= 11 is 0. The van der Waals surface area contributed by atoms with E-state index in [4.69, 9.17) is 51.6 Å². The second kappa shape index (κ2) is 22.1. The number of cyclic esters (lactones) is 1. The molecule has 0 aromatic carbocycles. The van der Waals surface area contributed by atoms with Crippen LogP contribution in [0.1, 0.15) is 106 Å². The summed E-state index contributed by atoms with van der Waals surface area (Å²) in [6, 6.07) is 0. The molecule has 1 spiro atoms. The summed E-state index contributed by atoms with van der Waals surface area (Å²) in [5.41, 5.74) is -1.28. The van der Waals surface area contributed by atoms with Crippen LogP contribution in [0.4, 0.5) is 0 Å². The number of esters is 1. The lowest BCUT2D eigenvalue weighted by Crippen LogP contribution is -2.65. The van der Waals surface area contributed by atoms with E-state index in [0.29, 0.717) is 32.1 Å². The van der Waals surface area contributed by atoms with E-state index in [0.717, 1.165) is 24.8 Å². The first-order chi connectivity index (χ1) is 36.5. The highest BCUT2D eigenvalue weighted by molar-refractivity contribution is 7.80. The van der Waals surface area contributed by atoms with Gasteiger partial charge in [-0.15, -0.1) is 6.58 Å². The molecule has 5 aliphatic heterocycles. The van der Waals surface area contributed by atoms with Gasteiger partial charge in [-0.25, -0.2) is 4.18 Å². The summed E-state index contributed by atoms with van der Waals surface area (Å²) in [5.74, 6) is -0.823. The van der Waals surface area contributed by atoms with Crippen molar-refractivity contribution in [3.8, 4) is 0 Å². The Labute approximate surface area is 454 Å². The molecule has 25 heteroatoms. The number of carbonyl (C=O) groups excluding carboxylic acids is 2. The van der Waals surface area contributed by atoms with E-state index < -0.39 is 175 Å². The number of methoxy groups -OCH3 is 1. The molecule has 9 N–H and O–H groups in total. The van der Waals surface area contributed by atoms with Gasteiger partial charge < -0.3 is 88.2 Å². The van der Waals surface area contributed by atoms with E-state index in [-0.39, 0.29) is 35.4 Å². The molecule has 0 radical (unpaired) electrons. The van der Waals surface area contributed by atoms with Gasteiger partial charge >= 0.3 is 16.4 Å². The van der Waals surface area contributed by atoms with Crippen LogP contribution in [0.3, 0.4) is 0 Å². The third-order valence-electron chi connectivity index (χ3n) is 19.7. The Kier molecular flexibility index (Phi) is 17.1. The summed E-state index contributed by atoms with van der Waals surface area (Å²) in [6.07, 6.45) is -22.0. The molecule has 4 aliphatic carbocycles. The van der Waals surface area contributed by atoms with Crippen LogP contribution in [-0.2, 0) is 71.5 Å². The van der Waals surface area contributed by atoms with E-state index in [1.54, 1.807) is 0 Å². The van der Waals surface area contributed by atoms with Gasteiger partial charge in [0.1, 0.15) is 90.7 Å². The minimum Gasteiger partial charge on any atom is -0.458 e. The predicted molar refractivity (Wildman–Crippen MR) is 265 cm³/mol. The number of fused-ring (bicyclic) bond motifs is 4. The third-order valence-corrected chi connectivity index (χ3v) is 20.2. The molecule has 0 bridgehead atoms. The number of hydrogen-bond acceptors (Lipinski definition) is 23. The highest BCUT2D eigenvalue weighted by atomic mass is 32.3. The lowest BCUT2D eigenvalue weighted by Gasteiger charge is -2.63. The molecule has 9 rings (SSSR count). The molecule has 26 atom stereocenters. The van der Waals surface area contributed by atoms with Crippen LogP contribution in [0.15, 0.2) is 23.8 Å². The summed E-state index contributed by atoms with van der Waals surface area (Å²) in [7, 11) is -3.94. The smallest absolute Gasteiger partial charge is 0.397 e. The Balaban J connectivity index is 0.892. The van der Waals surface area contributed by atoms with Crippen molar-refractivity contribution in [2.45, 2.75) is 229 Å². The normalized spacial score (nSPS) is 50.2. The minimum atomic E-state index is -5.15. The van der Waals surface area contributed by atoms with Crippen molar-refractivity contribution >= 4 is 22.2 Å². The molecule has 0 aromatic rings. The molecule has 8 fully saturated rings. The zero-order chi connectivity index (χ0) is 57.0. The van der Waals surface area contributed by atoms with E-state index >= 15 is 0 Å². The Hall–Kier alpha value is -2.19. The van der Waals surface area contributed by atoms with Gasteiger partial charge in [0.05, 0.1) is 43.4 Å². The topological polar surface area (TPSA) is 352 Å². The van der Waals surface area contributed by atoms with E-state index in [2.05, 4.69) is 40.3 Å². The van der Waals surface area contributed by atoms with Crippen molar-refractivity contribution < 1.29 is 115 Å². The van der Waals surface area contributed by atoms with Crippen molar-refractivity contribution in [3.63, 3.8) is 0 Å². The summed E-state index contributed by atoms with van der Waals surface area (Å²) in [5, 5.41) is 88.2. The predicted octanol–water partition coefficient (Wildman–Crippen LogP) is 0.257. The fourth-order valence-electron chi connectivity index (χ4n) is 15.8. The molecule has 444 valence electrons. The number of Topliss-reactive ketones (excluding diaryl/α,β-unsaturated/α-hetero) is 1. The van der Waals surface area contributed by atoms with Crippen molar-refractivity contribution in [3.05, 3.63) is 23.8 Å². The van der Waals surface area contributed by atoms with Gasteiger partial charge in [0.25, 0.3) is 0 Å². The number of ether oxygens (including phenoxy) is 10. The van der Waals surface area contributed by atoms with Crippen molar-refractivity contribution in [1.82, 2.24) is 0 Å². The first-order valence-electron chi connectivity index (χ1n) is 27.3. The maximum Gasteiger partial charge on any atom is 0.397 e. The van der Waals surface area contributed by atoms with Crippen molar-refractivity contribution in [2.75, 3.05) is 26.9 Å². The highest BCUT2D eigenvalue weighted by Crippen LogP contribution is 2.75. The Morgan fingerprint density at radius 2 is 1.44 bits per heavy atom. The monoisotopic (exact) mass is 1130 g/mol. The molecule has 9 aliphatic rings. The van der Waals surface area contributed by atoms with Crippen molar-refractivity contribution in [2.24, 2.45) is 39.4 Å².